The Labute approximate surface area is 100 Å². The zero-order valence-corrected chi connectivity index (χ0v) is 10.9. The Morgan fingerprint density at radius 3 is 2.00 bits per heavy atom. The number of rotatable bonds is 1. The van der Waals surface area contributed by atoms with Gasteiger partial charge in [-0.15, -0.1) is 5.10 Å². The van der Waals surface area contributed by atoms with E-state index in [1.807, 2.05) is 27.7 Å². The van der Waals surface area contributed by atoms with Crippen molar-refractivity contribution < 1.29 is 9.31 Å². The summed E-state index contributed by atoms with van der Waals surface area (Å²) in [7, 11) is 1.16. The van der Waals surface area contributed by atoms with Gasteiger partial charge < -0.3 is 9.31 Å². The molecule has 1 aliphatic rings. The van der Waals surface area contributed by atoms with Crippen LogP contribution in [0.1, 0.15) is 27.7 Å². The van der Waals surface area contributed by atoms with Gasteiger partial charge in [-0.3, -0.25) is 0 Å². The van der Waals surface area contributed by atoms with Crippen molar-refractivity contribution in [2.75, 3.05) is 0 Å². The van der Waals surface area contributed by atoms with Gasteiger partial charge in [0, 0.05) is 7.05 Å². The summed E-state index contributed by atoms with van der Waals surface area (Å²) in [5.74, 6) is 0. The van der Waals surface area contributed by atoms with E-state index in [9.17, 15) is 0 Å². The SMILES string of the molecule is Cn1nc(Cl)c(B2OC(C)(C)C(C)(C)O2)n1. The van der Waals surface area contributed by atoms with E-state index < -0.39 is 18.3 Å². The van der Waals surface area contributed by atoms with Crippen LogP contribution in [0.15, 0.2) is 0 Å². The van der Waals surface area contributed by atoms with Gasteiger partial charge in [0.15, 0.2) is 5.15 Å². The first kappa shape index (κ1) is 11.9. The maximum absolute atomic E-state index is 5.96. The number of hydrogen-bond donors (Lipinski definition) is 0. The molecule has 0 aliphatic carbocycles. The topological polar surface area (TPSA) is 49.2 Å². The number of nitrogens with zero attached hydrogens (tertiary/aromatic N) is 3. The Hall–Kier alpha value is -0.585. The first-order valence-corrected chi connectivity index (χ1v) is 5.53. The third kappa shape index (κ3) is 1.75. The number of aromatic nitrogens is 3. The molecule has 16 heavy (non-hydrogen) atoms. The molecule has 2 rings (SSSR count). The predicted molar refractivity (Wildman–Crippen MR) is 61.7 cm³/mol. The molecule has 0 unspecified atom stereocenters. The molecule has 0 bridgehead atoms. The minimum Gasteiger partial charge on any atom is -0.398 e. The van der Waals surface area contributed by atoms with Crippen molar-refractivity contribution in [2.45, 2.75) is 38.9 Å². The van der Waals surface area contributed by atoms with Crippen LogP contribution in [0.5, 0.6) is 0 Å². The largest absolute Gasteiger partial charge is 0.519 e. The van der Waals surface area contributed by atoms with Gasteiger partial charge in [-0.1, -0.05) is 11.6 Å². The lowest BCUT2D eigenvalue weighted by Crippen LogP contribution is -2.41. The van der Waals surface area contributed by atoms with Crippen LogP contribution in [0, 0.1) is 0 Å². The maximum Gasteiger partial charge on any atom is 0.519 e. The average molecular weight is 244 g/mol. The second-order valence-corrected chi connectivity index (χ2v) is 5.31. The molecule has 1 aromatic rings. The minimum absolute atomic E-state index is 0.320. The molecule has 7 heteroatoms. The molecule has 1 aliphatic heterocycles. The highest BCUT2D eigenvalue weighted by Crippen LogP contribution is 2.36. The van der Waals surface area contributed by atoms with E-state index in [0.29, 0.717) is 10.7 Å². The monoisotopic (exact) mass is 243 g/mol. The zero-order valence-electron chi connectivity index (χ0n) is 10.1. The van der Waals surface area contributed by atoms with Crippen molar-refractivity contribution in [3.8, 4) is 0 Å². The van der Waals surface area contributed by atoms with Gasteiger partial charge in [-0.25, -0.2) is 0 Å². The normalized spacial score (nSPS) is 22.8. The molecule has 0 aromatic carbocycles. The molecule has 88 valence electrons. The second-order valence-electron chi connectivity index (χ2n) is 4.95. The van der Waals surface area contributed by atoms with Crippen molar-refractivity contribution in [2.24, 2.45) is 7.05 Å². The van der Waals surface area contributed by atoms with Gasteiger partial charge in [0.2, 0.25) is 0 Å². The summed E-state index contributed by atoms with van der Waals surface area (Å²) in [5, 5.41) is 8.43. The Bertz CT molecular complexity index is 403. The van der Waals surface area contributed by atoms with Crippen LogP contribution in [-0.4, -0.2) is 33.3 Å². The van der Waals surface area contributed by atoms with E-state index in [4.69, 9.17) is 20.9 Å². The van der Waals surface area contributed by atoms with E-state index in [1.54, 1.807) is 7.05 Å². The van der Waals surface area contributed by atoms with Gasteiger partial charge in [-0.05, 0) is 27.7 Å². The summed E-state index contributed by atoms with van der Waals surface area (Å²) in [6.07, 6.45) is 0. The molecule has 1 fully saturated rings. The van der Waals surface area contributed by atoms with Gasteiger partial charge in [0.25, 0.3) is 0 Å². The first-order chi connectivity index (χ1) is 7.23. The summed E-state index contributed by atoms with van der Waals surface area (Å²) in [6.45, 7) is 7.93. The average Bonchev–Trinajstić information content (AvgIpc) is 2.51. The minimum atomic E-state index is -0.550. The van der Waals surface area contributed by atoms with Crippen molar-refractivity contribution in [3.05, 3.63) is 5.15 Å². The molecule has 2 heterocycles. The quantitative estimate of drug-likeness (QED) is 0.684. The Morgan fingerprint density at radius 1 is 1.12 bits per heavy atom. The molecular weight excluding hydrogens is 228 g/mol. The predicted octanol–water partition coefficient (Wildman–Crippen LogP) is 0.768. The number of hydrogen-bond acceptors (Lipinski definition) is 4. The molecule has 1 aromatic heterocycles. The van der Waals surface area contributed by atoms with Crippen molar-refractivity contribution >= 4 is 24.3 Å². The molecule has 0 N–H and O–H groups in total. The highest BCUT2D eigenvalue weighted by atomic mass is 35.5. The van der Waals surface area contributed by atoms with Crippen molar-refractivity contribution in [3.63, 3.8) is 0 Å². The van der Waals surface area contributed by atoms with Crippen LogP contribution in [0.4, 0.5) is 0 Å². The summed E-state index contributed by atoms with van der Waals surface area (Å²) in [5.41, 5.74) is -0.250. The maximum atomic E-state index is 5.96. The lowest BCUT2D eigenvalue weighted by atomic mass is 9.86. The third-order valence-electron chi connectivity index (χ3n) is 3.17. The van der Waals surface area contributed by atoms with Gasteiger partial charge in [-0.2, -0.15) is 9.90 Å². The lowest BCUT2D eigenvalue weighted by molar-refractivity contribution is 0.00578. The molecule has 0 amide bonds. The van der Waals surface area contributed by atoms with E-state index in [-0.39, 0.29) is 0 Å². The summed E-state index contributed by atoms with van der Waals surface area (Å²) in [6, 6.07) is 0. The fourth-order valence-corrected chi connectivity index (χ4v) is 1.73. The second kappa shape index (κ2) is 3.45. The van der Waals surface area contributed by atoms with Gasteiger partial charge >= 0.3 is 7.12 Å². The van der Waals surface area contributed by atoms with Crippen molar-refractivity contribution in [1.29, 1.82) is 0 Å². The molecular formula is C9H15BClN3O2. The molecule has 0 atom stereocenters. The zero-order chi connectivity index (χ0) is 12.1. The smallest absolute Gasteiger partial charge is 0.398 e. The van der Waals surface area contributed by atoms with Crippen LogP contribution in [-0.2, 0) is 16.4 Å². The fourth-order valence-electron chi connectivity index (χ4n) is 1.50. The van der Waals surface area contributed by atoms with Crippen LogP contribution >= 0.6 is 11.6 Å². The molecule has 0 saturated carbocycles. The molecule has 1 saturated heterocycles. The first-order valence-electron chi connectivity index (χ1n) is 5.15. The lowest BCUT2D eigenvalue weighted by Gasteiger charge is -2.32. The van der Waals surface area contributed by atoms with Crippen LogP contribution in [0.25, 0.3) is 0 Å². The Morgan fingerprint density at radius 2 is 1.62 bits per heavy atom. The van der Waals surface area contributed by atoms with E-state index in [2.05, 4.69) is 10.2 Å². The van der Waals surface area contributed by atoms with Gasteiger partial charge in [0.1, 0.15) is 5.59 Å². The Kier molecular flexibility index (Phi) is 2.56. The Balaban J connectivity index is 2.30. The summed E-state index contributed by atoms with van der Waals surface area (Å²) >= 11 is 5.96. The van der Waals surface area contributed by atoms with E-state index >= 15 is 0 Å². The number of aryl methyl sites for hydroxylation is 1. The molecule has 0 spiro atoms. The standard InChI is InChI=1S/C9H15BClN3O2/c1-8(2)9(3,4)16-10(15-8)6-7(11)13-14(5)12-6/h1-5H3. The summed E-state index contributed by atoms with van der Waals surface area (Å²) < 4.78 is 11.6. The molecule has 5 nitrogen and oxygen atoms in total. The van der Waals surface area contributed by atoms with Crippen LogP contribution < -0.4 is 5.59 Å². The molecule has 0 radical (unpaired) electrons. The van der Waals surface area contributed by atoms with E-state index in [0.717, 1.165) is 0 Å². The fraction of sp³-hybridized carbons (Fsp3) is 0.778. The highest BCUT2D eigenvalue weighted by Gasteiger charge is 2.53. The van der Waals surface area contributed by atoms with Crippen LogP contribution in [0.3, 0.4) is 0 Å². The van der Waals surface area contributed by atoms with Gasteiger partial charge in [0.05, 0.1) is 11.2 Å². The highest BCUT2D eigenvalue weighted by molar-refractivity contribution is 6.64. The van der Waals surface area contributed by atoms with Crippen LogP contribution in [0.2, 0.25) is 5.15 Å². The third-order valence-corrected chi connectivity index (χ3v) is 3.44. The van der Waals surface area contributed by atoms with Crippen molar-refractivity contribution in [1.82, 2.24) is 15.0 Å². The number of halogens is 1. The van der Waals surface area contributed by atoms with E-state index in [1.165, 1.54) is 4.80 Å². The summed E-state index contributed by atoms with van der Waals surface area (Å²) in [4.78, 5) is 1.41.